The summed E-state index contributed by atoms with van der Waals surface area (Å²) in [5, 5.41) is 5.31. The molecule has 1 aliphatic rings. The van der Waals surface area contributed by atoms with Crippen LogP contribution in [0.15, 0.2) is 5.38 Å². The molecular formula is C14H22N4O2S. The van der Waals surface area contributed by atoms with Crippen molar-refractivity contribution in [2.24, 2.45) is 5.92 Å². The predicted molar refractivity (Wildman–Crippen MR) is 83.1 cm³/mol. The van der Waals surface area contributed by atoms with Crippen molar-refractivity contribution in [3.05, 3.63) is 11.1 Å². The molecule has 1 fully saturated rings. The first-order valence-electron chi connectivity index (χ1n) is 7.19. The quantitative estimate of drug-likeness (QED) is 0.913. The second-order valence-electron chi connectivity index (χ2n) is 5.58. The average Bonchev–Trinajstić information content (AvgIpc) is 2.85. The van der Waals surface area contributed by atoms with E-state index in [-0.39, 0.29) is 17.7 Å². The Labute approximate surface area is 129 Å². The van der Waals surface area contributed by atoms with E-state index < -0.39 is 0 Å². The van der Waals surface area contributed by atoms with Crippen LogP contribution in [0.3, 0.4) is 0 Å². The molecule has 21 heavy (non-hydrogen) atoms. The maximum atomic E-state index is 11.9. The molecule has 2 rings (SSSR count). The van der Waals surface area contributed by atoms with Crippen molar-refractivity contribution in [2.75, 3.05) is 31.5 Å². The van der Waals surface area contributed by atoms with Crippen LogP contribution in [0.25, 0.3) is 0 Å². The number of carbonyl (C=O) groups excluding carboxylic acids is 2. The van der Waals surface area contributed by atoms with Crippen molar-refractivity contribution >= 4 is 28.3 Å². The third kappa shape index (κ3) is 4.50. The minimum absolute atomic E-state index is 0.0651. The zero-order valence-corrected chi connectivity index (χ0v) is 13.6. The van der Waals surface area contributed by atoms with Gasteiger partial charge in [0.05, 0.1) is 5.69 Å². The Hall–Kier alpha value is -1.47. The Kier molecular flexibility index (Phi) is 5.30. The fraction of sp³-hybridized carbons (Fsp3) is 0.643. The van der Waals surface area contributed by atoms with Gasteiger partial charge in [-0.25, -0.2) is 4.98 Å². The minimum atomic E-state index is -0.100. The van der Waals surface area contributed by atoms with Crippen molar-refractivity contribution in [2.45, 2.75) is 27.3 Å². The van der Waals surface area contributed by atoms with Gasteiger partial charge in [-0.15, -0.1) is 11.3 Å². The molecule has 116 valence electrons. The Morgan fingerprint density at radius 3 is 2.57 bits per heavy atom. The van der Waals surface area contributed by atoms with E-state index >= 15 is 0 Å². The second kappa shape index (κ2) is 7.00. The van der Waals surface area contributed by atoms with Gasteiger partial charge in [-0.3, -0.25) is 14.5 Å². The number of amides is 2. The summed E-state index contributed by atoms with van der Waals surface area (Å²) < 4.78 is 0. The number of rotatable bonds is 4. The number of anilines is 1. The van der Waals surface area contributed by atoms with Crippen molar-refractivity contribution < 1.29 is 9.59 Å². The minimum Gasteiger partial charge on any atom is -0.340 e. The van der Waals surface area contributed by atoms with E-state index in [1.165, 1.54) is 18.3 Å². The van der Waals surface area contributed by atoms with E-state index in [1.807, 2.05) is 24.1 Å². The van der Waals surface area contributed by atoms with Gasteiger partial charge in [0.2, 0.25) is 11.8 Å². The summed E-state index contributed by atoms with van der Waals surface area (Å²) in [5.74, 6) is 0.197. The molecule has 2 amide bonds. The van der Waals surface area contributed by atoms with Crippen LogP contribution in [0.1, 0.15) is 26.5 Å². The largest absolute Gasteiger partial charge is 0.340 e. The number of hydrogen-bond acceptors (Lipinski definition) is 5. The number of nitrogens with zero attached hydrogens (tertiary/aromatic N) is 3. The highest BCUT2D eigenvalue weighted by molar-refractivity contribution is 7.13. The summed E-state index contributed by atoms with van der Waals surface area (Å²) in [6.45, 7) is 9.41. The lowest BCUT2D eigenvalue weighted by atomic mass is 10.1. The van der Waals surface area contributed by atoms with Crippen LogP contribution in [0.2, 0.25) is 0 Å². The van der Waals surface area contributed by atoms with E-state index in [2.05, 4.69) is 15.2 Å². The molecule has 1 N–H and O–H groups in total. The van der Waals surface area contributed by atoms with Crippen LogP contribution in [0.5, 0.6) is 0 Å². The second-order valence-corrected chi connectivity index (χ2v) is 6.44. The smallest absolute Gasteiger partial charge is 0.225 e. The monoisotopic (exact) mass is 310 g/mol. The summed E-state index contributed by atoms with van der Waals surface area (Å²) in [7, 11) is 0. The van der Waals surface area contributed by atoms with E-state index in [4.69, 9.17) is 0 Å². The first-order valence-corrected chi connectivity index (χ1v) is 8.07. The van der Waals surface area contributed by atoms with Gasteiger partial charge in [0.1, 0.15) is 0 Å². The highest BCUT2D eigenvalue weighted by Crippen LogP contribution is 2.17. The molecular weight excluding hydrogens is 288 g/mol. The molecule has 0 spiro atoms. The molecule has 0 radical (unpaired) electrons. The molecule has 0 saturated carbocycles. The first kappa shape index (κ1) is 15.9. The fourth-order valence-corrected chi connectivity index (χ4v) is 3.06. The van der Waals surface area contributed by atoms with Gasteiger partial charge in [-0.05, 0) is 0 Å². The van der Waals surface area contributed by atoms with Gasteiger partial charge < -0.3 is 10.2 Å². The summed E-state index contributed by atoms with van der Waals surface area (Å²) >= 11 is 1.44. The number of aromatic nitrogens is 1. The van der Waals surface area contributed by atoms with Crippen LogP contribution in [-0.2, 0) is 16.1 Å². The lowest BCUT2D eigenvalue weighted by Crippen LogP contribution is -2.49. The summed E-state index contributed by atoms with van der Waals surface area (Å²) in [6.07, 6.45) is 0. The third-order valence-electron chi connectivity index (χ3n) is 3.40. The SMILES string of the molecule is CC(=O)Nc1nc(CN2CCN(C(=O)C(C)C)CC2)cs1. The van der Waals surface area contributed by atoms with Crippen LogP contribution in [-0.4, -0.2) is 52.8 Å². The molecule has 1 aromatic rings. The molecule has 1 aliphatic heterocycles. The molecule has 1 aromatic heterocycles. The van der Waals surface area contributed by atoms with Crippen molar-refractivity contribution in [1.29, 1.82) is 0 Å². The topological polar surface area (TPSA) is 65.5 Å². The molecule has 2 heterocycles. The number of hydrogen-bond donors (Lipinski definition) is 1. The van der Waals surface area contributed by atoms with Gasteiger partial charge in [0.25, 0.3) is 0 Å². The maximum Gasteiger partial charge on any atom is 0.225 e. The summed E-state index contributed by atoms with van der Waals surface area (Å²) in [5.41, 5.74) is 0.965. The molecule has 0 bridgehead atoms. The third-order valence-corrected chi connectivity index (χ3v) is 4.20. The molecule has 0 aromatic carbocycles. The average molecular weight is 310 g/mol. The number of carbonyl (C=O) groups is 2. The number of piperazine rings is 1. The first-order chi connectivity index (χ1) is 9.95. The highest BCUT2D eigenvalue weighted by atomic mass is 32.1. The predicted octanol–water partition coefficient (Wildman–Crippen LogP) is 1.40. The van der Waals surface area contributed by atoms with Gasteiger partial charge >= 0.3 is 0 Å². The molecule has 0 unspecified atom stereocenters. The highest BCUT2D eigenvalue weighted by Gasteiger charge is 2.23. The van der Waals surface area contributed by atoms with E-state index in [1.54, 1.807) is 0 Å². The molecule has 0 atom stereocenters. The molecule has 1 saturated heterocycles. The van der Waals surface area contributed by atoms with Crippen LogP contribution >= 0.6 is 11.3 Å². The van der Waals surface area contributed by atoms with Crippen LogP contribution < -0.4 is 5.32 Å². The Balaban J connectivity index is 1.82. The Bertz CT molecular complexity index is 507. The normalized spacial score (nSPS) is 16.3. The summed E-state index contributed by atoms with van der Waals surface area (Å²) in [6, 6.07) is 0. The van der Waals surface area contributed by atoms with Gasteiger partial charge in [-0.2, -0.15) is 0 Å². The standard InChI is InChI=1S/C14H22N4O2S/c1-10(2)13(20)18-6-4-17(5-7-18)8-12-9-21-14(16-12)15-11(3)19/h9-10H,4-8H2,1-3H3,(H,15,16,19). The molecule has 0 aliphatic carbocycles. The lowest BCUT2D eigenvalue weighted by molar-refractivity contribution is -0.136. The van der Waals surface area contributed by atoms with Crippen molar-refractivity contribution in [3.63, 3.8) is 0 Å². The van der Waals surface area contributed by atoms with Crippen LogP contribution in [0, 0.1) is 5.92 Å². The van der Waals surface area contributed by atoms with Gasteiger partial charge in [-0.1, -0.05) is 13.8 Å². The Morgan fingerprint density at radius 1 is 1.33 bits per heavy atom. The van der Waals surface area contributed by atoms with E-state index in [9.17, 15) is 9.59 Å². The number of thiazole rings is 1. The molecule has 6 nitrogen and oxygen atoms in total. The fourth-order valence-electron chi connectivity index (χ4n) is 2.31. The van der Waals surface area contributed by atoms with Crippen molar-refractivity contribution in [1.82, 2.24) is 14.8 Å². The van der Waals surface area contributed by atoms with Gasteiger partial charge in [0, 0.05) is 50.9 Å². The lowest BCUT2D eigenvalue weighted by Gasteiger charge is -2.35. The van der Waals surface area contributed by atoms with Crippen molar-refractivity contribution in [3.8, 4) is 0 Å². The number of nitrogens with one attached hydrogen (secondary N) is 1. The van der Waals surface area contributed by atoms with E-state index in [0.29, 0.717) is 5.13 Å². The zero-order valence-electron chi connectivity index (χ0n) is 12.8. The van der Waals surface area contributed by atoms with Gasteiger partial charge in [0.15, 0.2) is 5.13 Å². The van der Waals surface area contributed by atoms with E-state index in [0.717, 1.165) is 38.4 Å². The maximum absolute atomic E-state index is 11.9. The zero-order chi connectivity index (χ0) is 15.4. The summed E-state index contributed by atoms with van der Waals surface area (Å²) in [4.78, 5) is 31.5. The molecule has 7 heteroatoms. The van der Waals surface area contributed by atoms with Crippen LogP contribution in [0.4, 0.5) is 5.13 Å². The Morgan fingerprint density at radius 2 is 2.00 bits per heavy atom.